The minimum Gasteiger partial charge on any atom is -0.358 e. The summed E-state index contributed by atoms with van der Waals surface area (Å²) < 4.78 is 13.8. The van der Waals surface area contributed by atoms with E-state index in [1.54, 1.807) is 23.1 Å². The summed E-state index contributed by atoms with van der Waals surface area (Å²) in [7, 11) is 0. The number of aromatic amines is 1. The molecular weight excluding hydrogens is 339 g/mol. The van der Waals surface area contributed by atoms with E-state index in [0.29, 0.717) is 19.0 Å². The highest BCUT2D eigenvalue weighted by molar-refractivity contribution is 6.31. The number of carbonyl (C=O) groups is 1. The second kappa shape index (κ2) is 6.52. The molecule has 0 saturated carbocycles. The number of nitrogens with one attached hydrogen (secondary N) is 1. The second-order valence-corrected chi connectivity index (χ2v) is 6.94. The molecule has 1 amide bonds. The summed E-state index contributed by atoms with van der Waals surface area (Å²) in [6.45, 7) is 1.27. The summed E-state index contributed by atoms with van der Waals surface area (Å²) >= 11 is 6.05. The molecule has 1 aliphatic rings. The van der Waals surface area contributed by atoms with E-state index in [2.05, 4.69) is 11.1 Å². The van der Waals surface area contributed by atoms with Crippen LogP contribution >= 0.6 is 11.6 Å². The third-order valence-corrected chi connectivity index (χ3v) is 5.16. The molecule has 1 fully saturated rings. The molecule has 3 nitrogen and oxygen atoms in total. The van der Waals surface area contributed by atoms with E-state index >= 15 is 0 Å². The lowest BCUT2D eigenvalue weighted by molar-refractivity contribution is 0.0707. The normalized spacial score (nSPS) is 15.7. The fourth-order valence-electron chi connectivity index (χ4n) is 3.54. The Morgan fingerprint density at radius 1 is 1.12 bits per heavy atom. The van der Waals surface area contributed by atoms with Crippen LogP contribution in [0.15, 0.2) is 48.5 Å². The SMILES string of the molecule is O=C(c1ccccc1F)N1CCC(c2cc3cc(Cl)ccc3[nH]2)CC1. The molecule has 1 N–H and O–H groups in total. The van der Waals surface area contributed by atoms with Gasteiger partial charge in [0.05, 0.1) is 5.56 Å². The molecule has 0 radical (unpaired) electrons. The number of likely N-dealkylation sites (tertiary alicyclic amines) is 1. The highest BCUT2D eigenvalue weighted by Crippen LogP contribution is 2.31. The number of amides is 1. The Balaban J connectivity index is 1.47. The predicted octanol–water partition coefficient (Wildman–Crippen LogP) is 4.98. The van der Waals surface area contributed by atoms with Crippen molar-refractivity contribution >= 4 is 28.4 Å². The van der Waals surface area contributed by atoms with Gasteiger partial charge in [-0.25, -0.2) is 4.39 Å². The van der Waals surface area contributed by atoms with E-state index in [4.69, 9.17) is 11.6 Å². The fourth-order valence-corrected chi connectivity index (χ4v) is 3.72. The van der Waals surface area contributed by atoms with Crippen molar-refractivity contribution in [1.82, 2.24) is 9.88 Å². The number of hydrogen-bond acceptors (Lipinski definition) is 1. The fraction of sp³-hybridized carbons (Fsp3) is 0.250. The van der Waals surface area contributed by atoms with Gasteiger partial charge in [0, 0.05) is 40.6 Å². The summed E-state index contributed by atoms with van der Waals surface area (Å²) in [5, 5.41) is 1.83. The third kappa shape index (κ3) is 3.14. The number of hydrogen-bond donors (Lipinski definition) is 1. The van der Waals surface area contributed by atoms with Gasteiger partial charge in [-0.1, -0.05) is 23.7 Å². The molecule has 128 valence electrons. The number of H-pyrrole nitrogens is 1. The first-order chi connectivity index (χ1) is 12.1. The van der Waals surface area contributed by atoms with Crippen molar-refractivity contribution in [2.75, 3.05) is 13.1 Å². The quantitative estimate of drug-likeness (QED) is 0.690. The lowest BCUT2D eigenvalue weighted by Crippen LogP contribution is -2.38. The van der Waals surface area contributed by atoms with Crippen LogP contribution in [0.1, 0.15) is 34.8 Å². The van der Waals surface area contributed by atoms with Gasteiger partial charge in [0.25, 0.3) is 5.91 Å². The van der Waals surface area contributed by atoms with Crippen LogP contribution < -0.4 is 0 Å². The molecule has 1 aromatic heterocycles. The Bertz CT molecular complexity index is 928. The van der Waals surface area contributed by atoms with Gasteiger partial charge in [-0.2, -0.15) is 0 Å². The van der Waals surface area contributed by atoms with Crippen LogP contribution in [0, 0.1) is 5.82 Å². The van der Waals surface area contributed by atoms with E-state index in [1.165, 1.54) is 11.8 Å². The highest BCUT2D eigenvalue weighted by atomic mass is 35.5. The molecule has 2 heterocycles. The Morgan fingerprint density at radius 2 is 1.88 bits per heavy atom. The van der Waals surface area contributed by atoms with Crippen LogP contribution in [-0.4, -0.2) is 28.9 Å². The van der Waals surface area contributed by atoms with Crippen LogP contribution in [-0.2, 0) is 0 Å². The van der Waals surface area contributed by atoms with Crippen molar-refractivity contribution in [3.05, 3.63) is 70.6 Å². The second-order valence-electron chi connectivity index (χ2n) is 6.50. The first kappa shape index (κ1) is 16.2. The molecule has 5 heteroatoms. The lowest BCUT2D eigenvalue weighted by atomic mass is 9.93. The molecule has 0 bridgehead atoms. The molecule has 4 rings (SSSR count). The van der Waals surface area contributed by atoms with Gasteiger partial charge in [0.1, 0.15) is 5.82 Å². The van der Waals surface area contributed by atoms with Crippen LogP contribution in [0.5, 0.6) is 0 Å². The molecule has 25 heavy (non-hydrogen) atoms. The molecule has 0 spiro atoms. The zero-order valence-electron chi connectivity index (χ0n) is 13.6. The molecule has 2 aromatic carbocycles. The van der Waals surface area contributed by atoms with E-state index < -0.39 is 5.82 Å². The number of aromatic nitrogens is 1. The number of rotatable bonds is 2. The number of carbonyl (C=O) groups excluding carboxylic acids is 1. The van der Waals surface area contributed by atoms with Crippen molar-refractivity contribution in [3.8, 4) is 0 Å². The van der Waals surface area contributed by atoms with Gasteiger partial charge in [0.2, 0.25) is 0 Å². The van der Waals surface area contributed by atoms with E-state index in [0.717, 1.165) is 28.8 Å². The Labute approximate surface area is 150 Å². The first-order valence-corrected chi connectivity index (χ1v) is 8.81. The van der Waals surface area contributed by atoms with Crippen molar-refractivity contribution in [2.45, 2.75) is 18.8 Å². The van der Waals surface area contributed by atoms with Crippen LogP contribution in [0.25, 0.3) is 10.9 Å². The highest BCUT2D eigenvalue weighted by Gasteiger charge is 2.26. The summed E-state index contributed by atoms with van der Waals surface area (Å²) in [4.78, 5) is 17.7. The standard InChI is InChI=1S/C20H18ClFN2O/c21-15-5-6-18-14(11-15)12-19(23-18)13-7-9-24(10-8-13)20(25)16-3-1-2-4-17(16)22/h1-6,11-13,23H,7-10H2. The topological polar surface area (TPSA) is 36.1 Å². The van der Waals surface area contributed by atoms with Crippen molar-refractivity contribution in [2.24, 2.45) is 0 Å². The maximum absolute atomic E-state index is 13.8. The largest absolute Gasteiger partial charge is 0.358 e. The molecule has 1 aliphatic heterocycles. The van der Waals surface area contributed by atoms with Gasteiger partial charge in [-0.3, -0.25) is 4.79 Å². The van der Waals surface area contributed by atoms with Gasteiger partial charge >= 0.3 is 0 Å². The number of halogens is 2. The van der Waals surface area contributed by atoms with Crippen molar-refractivity contribution in [3.63, 3.8) is 0 Å². The van der Waals surface area contributed by atoms with E-state index in [9.17, 15) is 9.18 Å². The average molecular weight is 357 g/mol. The Kier molecular flexibility index (Phi) is 4.22. The van der Waals surface area contributed by atoms with Crippen LogP contribution in [0.4, 0.5) is 4.39 Å². The number of fused-ring (bicyclic) bond motifs is 1. The molecule has 0 aliphatic carbocycles. The monoisotopic (exact) mass is 356 g/mol. The molecule has 0 atom stereocenters. The number of piperidine rings is 1. The van der Waals surface area contributed by atoms with Crippen LogP contribution in [0.2, 0.25) is 5.02 Å². The smallest absolute Gasteiger partial charge is 0.256 e. The average Bonchev–Trinajstić information content (AvgIpc) is 3.05. The molecule has 0 unspecified atom stereocenters. The van der Waals surface area contributed by atoms with Crippen LogP contribution in [0.3, 0.4) is 0 Å². The molecular formula is C20H18ClFN2O. The number of benzene rings is 2. The maximum Gasteiger partial charge on any atom is 0.256 e. The summed E-state index contributed by atoms with van der Waals surface area (Å²) in [5.74, 6) is -0.307. The van der Waals surface area contributed by atoms with Crippen molar-refractivity contribution in [1.29, 1.82) is 0 Å². The predicted molar refractivity (Wildman–Crippen MR) is 97.6 cm³/mol. The molecule has 3 aromatic rings. The van der Waals surface area contributed by atoms with Crippen molar-refractivity contribution < 1.29 is 9.18 Å². The first-order valence-electron chi connectivity index (χ1n) is 8.44. The summed E-state index contributed by atoms with van der Waals surface area (Å²) in [5.41, 5.74) is 2.40. The lowest BCUT2D eigenvalue weighted by Gasteiger charge is -2.31. The zero-order valence-corrected chi connectivity index (χ0v) is 14.4. The van der Waals surface area contributed by atoms with Gasteiger partial charge < -0.3 is 9.88 Å². The van der Waals surface area contributed by atoms with Gasteiger partial charge in [0.15, 0.2) is 0 Å². The molecule has 1 saturated heterocycles. The minimum absolute atomic E-state index is 0.154. The van der Waals surface area contributed by atoms with E-state index in [-0.39, 0.29) is 11.5 Å². The minimum atomic E-state index is -0.456. The maximum atomic E-state index is 13.8. The number of nitrogens with zero attached hydrogens (tertiary/aromatic N) is 1. The summed E-state index contributed by atoms with van der Waals surface area (Å²) in [6.07, 6.45) is 1.72. The van der Waals surface area contributed by atoms with Gasteiger partial charge in [-0.15, -0.1) is 0 Å². The third-order valence-electron chi connectivity index (χ3n) is 4.93. The zero-order chi connectivity index (χ0) is 17.4. The van der Waals surface area contributed by atoms with Gasteiger partial charge in [-0.05, 0) is 49.2 Å². The Hall–Kier alpha value is -2.33. The summed E-state index contributed by atoms with van der Waals surface area (Å²) in [6, 6.07) is 14.1. The Morgan fingerprint density at radius 3 is 2.64 bits per heavy atom. The van der Waals surface area contributed by atoms with E-state index in [1.807, 2.05) is 18.2 Å².